The molecule has 2 N–H and O–H groups in total. The summed E-state index contributed by atoms with van der Waals surface area (Å²) in [6.45, 7) is 8.34. The minimum Gasteiger partial charge on any atom is -0.465 e. The molecule has 2 aromatic carbocycles. The van der Waals surface area contributed by atoms with Crippen molar-refractivity contribution >= 4 is 60.1 Å². The molecule has 1 saturated heterocycles. The van der Waals surface area contributed by atoms with Crippen LogP contribution in [0.2, 0.25) is 35.7 Å². The van der Waals surface area contributed by atoms with Crippen LogP contribution in [0.25, 0.3) is 10.9 Å². The number of nitrogens with zero attached hydrogens (tertiary/aromatic N) is 3. The summed E-state index contributed by atoms with van der Waals surface area (Å²) in [5, 5.41) is 18.6. The molecule has 0 unspecified atom stereocenters. The number of rotatable bonds is 9. The van der Waals surface area contributed by atoms with E-state index >= 15 is 0 Å². The van der Waals surface area contributed by atoms with Gasteiger partial charge in [0.1, 0.15) is 12.8 Å². The number of amides is 2. The van der Waals surface area contributed by atoms with Crippen LogP contribution in [-0.4, -0.2) is 59.2 Å². The molecule has 2 amide bonds. The molecule has 1 aliphatic rings. The number of anilines is 1. The van der Waals surface area contributed by atoms with Gasteiger partial charge in [-0.2, -0.15) is 5.10 Å². The summed E-state index contributed by atoms with van der Waals surface area (Å²) in [6.07, 6.45) is 1.15. The number of hydrogen-bond acceptors (Lipinski definition) is 5. The summed E-state index contributed by atoms with van der Waals surface area (Å²) < 4.78 is 13.5. The number of carbonyl (C=O) groups excluding carboxylic acids is 1. The first kappa shape index (κ1) is 29.2. The molecule has 210 valence electrons. The lowest BCUT2D eigenvalue weighted by Crippen LogP contribution is -2.47. The molecule has 3 aromatic rings. The molecule has 9 nitrogen and oxygen atoms in total. The molecule has 1 aromatic heterocycles. The molecular formula is C27H34Cl2N4O5Si. The summed E-state index contributed by atoms with van der Waals surface area (Å²) in [5.41, 5.74) is 1.94. The normalized spacial score (nSPS) is 16.7. The van der Waals surface area contributed by atoms with E-state index in [2.05, 4.69) is 30.1 Å². The lowest BCUT2D eigenvalue weighted by atomic mass is 9.93. The third-order valence-corrected chi connectivity index (χ3v) is 8.83. The van der Waals surface area contributed by atoms with Gasteiger partial charge in [0.05, 0.1) is 17.8 Å². The molecule has 1 fully saturated rings. The highest BCUT2D eigenvalue weighted by Crippen LogP contribution is 2.35. The van der Waals surface area contributed by atoms with Crippen molar-refractivity contribution in [1.82, 2.24) is 14.7 Å². The van der Waals surface area contributed by atoms with Crippen LogP contribution in [0.1, 0.15) is 30.9 Å². The second kappa shape index (κ2) is 12.6. The summed E-state index contributed by atoms with van der Waals surface area (Å²) in [5.74, 6) is 0. The van der Waals surface area contributed by atoms with Gasteiger partial charge in [0.25, 0.3) is 0 Å². The van der Waals surface area contributed by atoms with E-state index in [1.54, 1.807) is 41.2 Å². The van der Waals surface area contributed by atoms with E-state index in [-0.39, 0.29) is 0 Å². The van der Waals surface area contributed by atoms with E-state index < -0.39 is 32.4 Å². The van der Waals surface area contributed by atoms with Crippen molar-refractivity contribution < 1.29 is 24.2 Å². The summed E-state index contributed by atoms with van der Waals surface area (Å²) in [7, 11) is -1.17. The fraction of sp³-hybridized carbons (Fsp3) is 0.444. The Hall–Kier alpha value is -2.79. The predicted octanol–water partition coefficient (Wildman–Crippen LogP) is 7.48. The number of benzene rings is 2. The standard InChI is InChI=1S/C27H34Cl2N4O5Si/c1-39(2,3)11-10-37-17-33-23-8-7-22(14-19(23)16-30-33)31-26(34)38-25(18-12-20(28)15-21(29)13-18)24-6-4-5-9-32(24)27(35)36/h7-8,12-16,24-25H,4-6,9-11,17H2,1-3H3,(H,31,34)(H,35,36)/t24-,25+/m1/s1. The number of nitrogens with one attached hydrogen (secondary N) is 1. The Morgan fingerprint density at radius 2 is 1.90 bits per heavy atom. The van der Waals surface area contributed by atoms with Gasteiger partial charge in [-0.05, 0) is 67.3 Å². The highest BCUT2D eigenvalue weighted by Gasteiger charge is 2.36. The number of carbonyl (C=O) groups is 2. The summed E-state index contributed by atoms with van der Waals surface area (Å²) in [4.78, 5) is 26.4. The number of halogens is 2. The van der Waals surface area contributed by atoms with Gasteiger partial charge in [-0.15, -0.1) is 0 Å². The average molecular weight is 594 g/mol. The highest BCUT2D eigenvalue weighted by molar-refractivity contribution is 6.76. The van der Waals surface area contributed by atoms with Crippen LogP contribution in [0.3, 0.4) is 0 Å². The van der Waals surface area contributed by atoms with Gasteiger partial charge in [-0.1, -0.05) is 42.8 Å². The lowest BCUT2D eigenvalue weighted by molar-refractivity contribution is 0.0178. The minimum absolute atomic E-state index is 0.355. The molecule has 2 heterocycles. The molecule has 12 heteroatoms. The first-order valence-electron chi connectivity index (χ1n) is 13.0. The summed E-state index contributed by atoms with van der Waals surface area (Å²) in [6, 6.07) is 10.8. The minimum atomic E-state index is -1.17. The number of aromatic nitrogens is 2. The number of piperidine rings is 1. The van der Waals surface area contributed by atoms with Crippen molar-refractivity contribution in [1.29, 1.82) is 0 Å². The monoisotopic (exact) mass is 592 g/mol. The van der Waals surface area contributed by atoms with Gasteiger partial charge in [0, 0.05) is 42.3 Å². The molecule has 0 saturated carbocycles. The second-order valence-corrected chi connectivity index (χ2v) is 17.5. The Balaban J connectivity index is 1.48. The Kier molecular flexibility index (Phi) is 9.42. The van der Waals surface area contributed by atoms with Gasteiger partial charge in [-0.3, -0.25) is 5.32 Å². The zero-order chi connectivity index (χ0) is 28.2. The number of fused-ring (bicyclic) bond motifs is 1. The molecule has 0 aliphatic carbocycles. The van der Waals surface area contributed by atoms with Crippen molar-refractivity contribution in [3.05, 3.63) is 58.2 Å². The number of carboxylic acid groups (broad SMARTS) is 1. The van der Waals surface area contributed by atoms with Crippen LogP contribution in [0.4, 0.5) is 15.3 Å². The molecule has 4 rings (SSSR count). The molecular weight excluding hydrogens is 559 g/mol. The Bertz CT molecular complexity index is 1310. The molecule has 0 radical (unpaired) electrons. The maximum Gasteiger partial charge on any atom is 0.412 e. The van der Waals surface area contributed by atoms with Crippen LogP contribution in [-0.2, 0) is 16.2 Å². The molecule has 2 atom stereocenters. The third kappa shape index (κ3) is 7.88. The summed E-state index contributed by atoms with van der Waals surface area (Å²) >= 11 is 12.5. The topological polar surface area (TPSA) is 106 Å². The number of likely N-dealkylation sites (tertiary alicyclic amines) is 1. The molecule has 0 bridgehead atoms. The smallest absolute Gasteiger partial charge is 0.412 e. The first-order valence-corrected chi connectivity index (χ1v) is 17.4. The number of ether oxygens (including phenoxy) is 2. The Labute approximate surface area is 239 Å². The van der Waals surface area contributed by atoms with Crippen LogP contribution >= 0.6 is 23.2 Å². The zero-order valence-electron chi connectivity index (χ0n) is 22.3. The average Bonchev–Trinajstić information content (AvgIpc) is 3.26. The largest absolute Gasteiger partial charge is 0.465 e. The van der Waals surface area contributed by atoms with Gasteiger partial charge in [0.15, 0.2) is 0 Å². The van der Waals surface area contributed by atoms with E-state index in [0.717, 1.165) is 29.8 Å². The third-order valence-electron chi connectivity index (χ3n) is 6.69. The van der Waals surface area contributed by atoms with Crippen molar-refractivity contribution in [2.45, 2.75) is 63.8 Å². The molecule has 0 spiro atoms. The van der Waals surface area contributed by atoms with Crippen molar-refractivity contribution in [2.24, 2.45) is 0 Å². The number of hydrogen-bond donors (Lipinski definition) is 2. The van der Waals surface area contributed by atoms with Crippen LogP contribution < -0.4 is 5.32 Å². The Morgan fingerprint density at radius 1 is 1.15 bits per heavy atom. The van der Waals surface area contributed by atoms with Gasteiger partial charge >= 0.3 is 12.2 Å². The first-order chi connectivity index (χ1) is 18.5. The van der Waals surface area contributed by atoms with Gasteiger partial charge < -0.3 is 19.5 Å². The fourth-order valence-electron chi connectivity index (χ4n) is 4.68. The van der Waals surface area contributed by atoms with E-state index in [0.29, 0.717) is 47.6 Å². The van der Waals surface area contributed by atoms with E-state index in [9.17, 15) is 14.7 Å². The maximum absolute atomic E-state index is 13.1. The predicted molar refractivity (Wildman–Crippen MR) is 156 cm³/mol. The van der Waals surface area contributed by atoms with Crippen LogP contribution in [0, 0.1) is 0 Å². The fourth-order valence-corrected chi connectivity index (χ4v) is 5.98. The zero-order valence-corrected chi connectivity index (χ0v) is 24.8. The second-order valence-electron chi connectivity index (χ2n) is 11.0. The lowest BCUT2D eigenvalue weighted by Gasteiger charge is -2.38. The van der Waals surface area contributed by atoms with E-state index in [1.807, 2.05) is 6.07 Å². The highest BCUT2D eigenvalue weighted by atomic mass is 35.5. The van der Waals surface area contributed by atoms with Crippen molar-refractivity contribution in [3.63, 3.8) is 0 Å². The van der Waals surface area contributed by atoms with Crippen molar-refractivity contribution in [3.8, 4) is 0 Å². The molecule has 39 heavy (non-hydrogen) atoms. The Morgan fingerprint density at radius 3 is 2.59 bits per heavy atom. The molecule has 1 aliphatic heterocycles. The quantitative estimate of drug-likeness (QED) is 0.197. The van der Waals surface area contributed by atoms with Gasteiger partial charge in [-0.25, -0.2) is 14.3 Å². The van der Waals surface area contributed by atoms with E-state index in [1.165, 1.54) is 4.90 Å². The maximum atomic E-state index is 13.1. The van der Waals surface area contributed by atoms with Crippen LogP contribution in [0.5, 0.6) is 0 Å². The van der Waals surface area contributed by atoms with Crippen molar-refractivity contribution in [2.75, 3.05) is 18.5 Å². The van der Waals surface area contributed by atoms with Gasteiger partial charge in [0.2, 0.25) is 0 Å². The van der Waals surface area contributed by atoms with E-state index in [4.69, 9.17) is 32.7 Å². The SMILES string of the molecule is C[Si](C)(C)CCOCn1ncc2cc(NC(=O)O[C@@H](c3cc(Cl)cc(Cl)c3)[C@H]3CCCCN3C(=O)O)ccc21. The van der Waals surface area contributed by atoms with Crippen LogP contribution in [0.15, 0.2) is 42.6 Å².